The number of rotatable bonds is 18. The zero-order valence-corrected chi connectivity index (χ0v) is 32.5. The molecular formula is C36H48O18S. The summed E-state index contributed by atoms with van der Waals surface area (Å²) in [5.41, 5.74) is 1.15. The summed E-state index contributed by atoms with van der Waals surface area (Å²) in [5.74, 6) is -4.27. The van der Waals surface area contributed by atoms with Gasteiger partial charge < -0.3 is 52.1 Å². The Morgan fingerprint density at radius 2 is 0.982 bits per heavy atom. The number of hydrogen-bond acceptors (Lipinski definition) is 19. The predicted octanol–water partition coefficient (Wildman–Crippen LogP) is 1.95. The van der Waals surface area contributed by atoms with Gasteiger partial charge in [0.1, 0.15) is 31.5 Å². The molecule has 1 aromatic rings. The van der Waals surface area contributed by atoms with Gasteiger partial charge in [0.05, 0.1) is 6.61 Å². The molecule has 0 saturated carbocycles. The Balaban J connectivity index is 2.00. The van der Waals surface area contributed by atoms with Crippen LogP contribution in [0, 0.1) is 0 Å². The third-order valence-corrected chi connectivity index (χ3v) is 8.83. The summed E-state index contributed by atoms with van der Waals surface area (Å²) in [6.07, 6.45) is -14.7. The van der Waals surface area contributed by atoms with Gasteiger partial charge in [-0.1, -0.05) is 30.3 Å². The quantitative estimate of drug-likeness (QED) is 0.118. The molecule has 2 saturated heterocycles. The summed E-state index contributed by atoms with van der Waals surface area (Å²) >= 11 is 1.67. The van der Waals surface area contributed by atoms with Gasteiger partial charge >= 0.3 is 41.8 Å². The maximum atomic E-state index is 12.6. The molecule has 0 bridgehead atoms. The molecule has 2 aliphatic rings. The van der Waals surface area contributed by atoms with Crippen LogP contribution in [0.4, 0.5) is 0 Å². The molecule has 0 aliphatic carbocycles. The highest BCUT2D eigenvalue weighted by Gasteiger charge is 2.57. The molecule has 0 aromatic heterocycles. The predicted molar refractivity (Wildman–Crippen MR) is 186 cm³/mol. The highest BCUT2D eigenvalue weighted by molar-refractivity contribution is 7.98. The largest absolute Gasteiger partial charge is 0.463 e. The second kappa shape index (κ2) is 22.3. The lowest BCUT2D eigenvalue weighted by Gasteiger charge is -2.48. The number of hydrogen-bond donors (Lipinski definition) is 0. The fraction of sp³-hybridized carbons (Fsp3) is 0.639. The molecule has 2 heterocycles. The number of thioether (sulfide) groups is 1. The highest BCUT2D eigenvalue weighted by Crippen LogP contribution is 2.35. The molecule has 55 heavy (non-hydrogen) atoms. The first-order valence-corrected chi connectivity index (χ1v) is 18.5. The van der Waals surface area contributed by atoms with Crippen molar-refractivity contribution in [3.63, 3.8) is 0 Å². The maximum Gasteiger partial charge on any atom is 0.303 e. The van der Waals surface area contributed by atoms with Crippen LogP contribution in [0.2, 0.25) is 0 Å². The number of esters is 7. The van der Waals surface area contributed by atoms with Crippen LogP contribution in [0.3, 0.4) is 0 Å². The van der Waals surface area contributed by atoms with Crippen LogP contribution >= 0.6 is 11.8 Å². The Bertz CT molecular complexity index is 1470. The SMILES string of the molecule is CC(=O)OC[C@H]1O[C@@H](O[C@H]2[C@H](OC(C)=O)[C@@H](OC(C)=O)[C@H](OCCCSCc3ccccc3)O[C@@H]2COC(C)=O)[C@H](OC(C)=O)[C@@H](OC(C)=O)[C@H]1OC(C)=O. The van der Waals surface area contributed by atoms with Crippen LogP contribution in [0.5, 0.6) is 0 Å². The monoisotopic (exact) mass is 800 g/mol. The molecule has 0 radical (unpaired) electrons. The minimum atomic E-state index is -1.77. The molecule has 0 unspecified atom stereocenters. The van der Waals surface area contributed by atoms with Gasteiger partial charge in [0, 0.05) is 54.2 Å². The lowest BCUT2D eigenvalue weighted by atomic mass is 9.96. The molecule has 306 valence electrons. The molecule has 19 heteroatoms. The third-order valence-electron chi connectivity index (χ3n) is 7.71. The molecule has 10 atom stereocenters. The minimum absolute atomic E-state index is 0.114. The van der Waals surface area contributed by atoms with Gasteiger partial charge in [0.2, 0.25) is 0 Å². The van der Waals surface area contributed by atoms with Crippen molar-refractivity contribution in [3.05, 3.63) is 35.9 Å². The molecular weight excluding hydrogens is 752 g/mol. The van der Waals surface area contributed by atoms with E-state index in [2.05, 4.69) is 0 Å². The van der Waals surface area contributed by atoms with Crippen LogP contribution < -0.4 is 0 Å². The zero-order chi connectivity index (χ0) is 40.7. The fourth-order valence-corrected chi connectivity index (χ4v) is 6.63. The van der Waals surface area contributed by atoms with Gasteiger partial charge in [-0.15, -0.1) is 0 Å². The van der Waals surface area contributed by atoms with E-state index in [-0.39, 0.29) is 6.61 Å². The van der Waals surface area contributed by atoms with E-state index in [4.69, 9.17) is 52.1 Å². The van der Waals surface area contributed by atoms with E-state index in [1.165, 1.54) is 0 Å². The van der Waals surface area contributed by atoms with E-state index in [0.29, 0.717) is 12.2 Å². The first-order chi connectivity index (χ1) is 26.0. The van der Waals surface area contributed by atoms with E-state index in [0.717, 1.165) is 59.8 Å². The number of carbonyl (C=O) groups is 7. The Labute approximate surface area is 322 Å². The van der Waals surface area contributed by atoms with E-state index >= 15 is 0 Å². The maximum absolute atomic E-state index is 12.6. The summed E-state index contributed by atoms with van der Waals surface area (Å²) in [7, 11) is 0. The summed E-state index contributed by atoms with van der Waals surface area (Å²) in [6, 6.07) is 9.87. The first kappa shape index (κ1) is 45.1. The molecule has 1 aromatic carbocycles. The normalized spacial score (nSPS) is 27.5. The summed E-state index contributed by atoms with van der Waals surface area (Å²) in [6.45, 7) is 6.67. The molecule has 0 N–H and O–H groups in total. The molecule has 2 aliphatic heterocycles. The summed E-state index contributed by atoms with van der Waals surface area (Å²) < 4.78 is 62.8. The van der Waals surface area contributed by atoms with Gasteiger partial charge in [0.25, 0.3) is 0 Å². The minimum Gasteiger partial charge on any atom is -0.463 e. The van der Waals surface area contributed by atoms with E-state index in [1.54, 1.807) is 11.8 Å². The smallest absolute Gasteiger partial charge is 0.303 e. The van der Waals surface area contributed by atoms with Gasteiger partial charge in [-0.3, -0.25) is 33.6 Å². The number of carbonyl (C=O) groups excluding carboxylic acids is 7. The summed E-state index contributed by atoms with van der Waals surface area (Å²) in [4.78, 5) is 85.8. The highest BCUT2D eigenvalue weighted by atomic mass is 32.2. The fourth-order valence-electron chi connectivity index (χ4n) is 5.73. The van der Waals surface area contributed by atoms with Gasteiger partial charge in [-0.25, -0.2) is 0 Å². The first-order valence-electron chi connectivity index (χ1n) is 17.4. The van der Waals surface area contributed by atoms with Crippen LogP contribution in [-0.2, 0) is 91.4 Å². The lowest BCUT2D eigenvalue weighted by molar-refractivity contribution is -0.361. The third kappa shape index (κ3) is 15.0. The van der Waals surface area contributed by atoms with E-state index in [1.807, 2.05) is 30.3 Å². The Kier molecular flexibility index (Phi) is 18.3. The topological polar surface area (TPSA) is 221 Å². The van der Waals surface area contributed by atoms with Crippen LogP contribution in [0.25, 0.3) is 0 Å². The van der Waals surface area contributed by atoms with Crippen LogP contribution in [0.15, 0.2) is 30.3 Å². The number of benzene rings is 1. The van der Waals surface area contributed by atoms with Crippen molar-refractivity contribution in [2.45, 2.75) is 122 Å². The van der Waals surface area contributed by atoms with E-state index in [9.17, 15) is 33.6 Å². The van der Waals surface area contributed by atoms with Crippen molar-refractivity contribution in [2.24, 2.45) is 0 Å². The van der Waals surface area contributed by atoms with Crippen molar-refractivity contribution in [1.29, 1.82) is 0 Å². The molecule has 0 spiro atoms. The van der Waals surface area contributed by atoms with Crippen molar-refractivity contribution in [2.75, 3.05) is 25.6 Å². The Hall–Kier alpha value is -4.30. The molecule has 2 fully saturated rings. The Morgan fingerprint density at radius 1 is 0.545 bits per heavy atom. The van der Waals surface area contributed by atoms with E-state index < -0.39 is 116 Å². The molecule has 18 nitrogen and oxygen atoms in total. The second-order valence-electron chi connectivity index (χ2n) is 12.4. The average molecular weight is 801 g/mol. The van der Waals surface area contributed by atoms with Crippen molar-refractivity contribution in [3.8, 4) is 0 Å². The number of ether oxygens (including phenoxy) is 11. The van der Waals surface area contributed by atoms with Crippen LogP contribution in [-0.4, -0.2) is 129 Å². The van der Waals surface area contributed by atoms with Crippen molar-refractivity contribution >= 4 is 53.5 Å². The molecule has 0 amide bonds. The zero-order valence-electron chi connectivity index (χ0n) is 31.7. The lowest BCUT2D eigenvalue weighted by Crippen LogP contribution is -2.67. The average Bonchev–Trinajstić information content (AvgIpc) is 3.08. The van der Waals surface area contributed by atoms with Crippen molar-refractivity contribution in [1.82, 2.24) is 0 Å². The molecule has 3 rings (SSSR count). The van der Waals surface area contributed by atoms with Crippen LogP contribution in [0.1, 0.15) is 60.5 Å². The van der Waals surface area contributed by atoms with Gasteiger partial charge in [-0.05, 0) is 17.7 Å². The standard InChI is InChI=1S/C36H48O18S/c1-19(37)45-16-27-29(47-21(3)39)31(48-22(4)40)34(51-25(7)43)36(53-27)54-30-28(17-46-20(2)38)52-35(33(50-24(6)42)32(30)49-23(5)41)44-14-11-15-55-18-26-12-9-8-10-13-26/h8-10,12-13,27-36H,11,14-18H2,1-7H3/t27-,28-,29+,30-,31+,32+,33-,34-,35-,36+/m1/s1. The van der Waals surface area contributed by atoms with Crippen molar-refractivity contribution < 1.29 is 85.7 Å². The summed E-state index contributed by atoms with van der Waals surface area (Å²) in [5, 5.41) is 0. The van der Waals surface area contributed by atoms with Gasteiger partial charge in [-0.2, -0.15) is 11.8 Å². The second-order valence-corrected chi connectivity index (χ2v) is 13.5. The Morgan fingerprint density at radius 3 is 1.49 bits per heavy atom. The van der Waals surface area contributed by atoms with Gasteiger partial charge in [0.15, 0.2) is 43.1 Å².